The number of ether oxygens (including phenoxy) is 4. The van der Waals surface area contributed by atoms with Gasteiger partial charge in [0.25, 0.3) is 5.56 Å². The summed E-state index contributed by atoms with van der Waals surface area (Å²) in [4.78, 5) is 43.9. The van der Waals surface area contributed by atoms with Gasteiger partial charge in [-0.05, 0) is 42.3 Å². The summed E-state index contributed by atoms with van der Waals surface area (Å²) in [6, 6.07) is 15.9. The number of nitrogens with one attached hydrogen (secondary N) is 1. The van der Waals surface area contributed by atoms with Gasteiger partial charge in [0.2, 0.25) is 12.7 Å². The SMILES string of the molecule is COc1ccc(CCNC(=O)CCn2c(SCC(=O)c3ccc(Br)cc3)nc3cc4c(cc3c2=O)OCO4)cc1OC. The second kappa shape index (κ2) is 13.3. The fourth-order valence-corrected chi connectivity index (χ4v) is 5.62. The highest BCUT2D eigenvalue weighted by atomic mass is 79.9. The van der Waals surface area contributed by atoms with Gasteiger partial charge in [-0.3, -0.25) is 19.0 Å². The lowest BCUT2D eigenvalue weighted by molar-refractivity contribution is -0.121. The van der Waals surface area contributed by atoms with Crippen LogP contribution in [0.4, 0.5) is 0 Å². The first-order valence-corrected chi connectivity index (χ1v) is 14.9. The van der Waals surface area contributed by atoms with Gasteiger partial charge in [-0.1, -0.05) is 45.9 Å². The van der Waals surface area contributed by atoms with Crippen LogP contribution in [0.3, 0.4) is 0 Å². The van der Waals surface area contributed by atoms with E-state index in [1.54, 1.807) is 50.6 Å². The van der Waals surface area contributed by atoms with E-state index < -0.39 is 0 Å². The average Bonchev–Trinajstić information content (AvgIpc) is 3.46. The Balaban J connectivity index is 1.30. The number of carbonyl (C=O) groups is 2. The first-order valence-electron chi connectivity index (χ1n) is 13.1. The van der Waals surface area contributed by atoms with Crippen molar-refractivity contribution in [2.24, 2.45) is 0 Å². The Morgan fingerprint density at radius 1 is 1.02 bits per heavy atom. The minimum atomic E-state index is -0.324. The van der Waals surface area contributed by atoms with E-state index in [1.165, 1.54) is 4.57 Å². The number of hydrogen-bond donors (Lipinski definition) is 1. The maximum absolute atomic E-state index is 13.6. The van der Waals surface area contributed by atoms with Crippen molar-refractivity contribution in [2.45, 2.75) is 24.5 Å². The molecule has 3 aromatic carbocycles. The van der Waals surface area contributed by atoms with E-state index in [4.69, 9.17) is 18.9 Å². The molecule has 218 valence electrons. The summed E-state index contributed by atoms with van der Waals surface area (Å²) in [5.74, 6) is 1.98. The van der Waals surface area contributed by atoms with E-state index >= 15 is 0 Å². The highest BCUT2D eigenvalue weighted by Gasteiger charge is 2.20. The summed E-state index contributed by atoms with van der Waals surface area (Å²) < 4.78 is 23.8. The molecule has 0 fully saturated rings. The lowest BCUT2D eigenvalue weighted by atomic mass is 10.1. The monoisotopic (exact) mass is 653 g/mol. The van der Waals surface area contributed by atoms with Crippen molar-refractivity contribution in [3.63, 3.8) is 0 Å². The first kappa shape index (κ1) is 29.5. The van der Waals surface area contributed by atoms with Crippen LogP contribution in [-0.4, -0.2) is 54.6 Å². The zero-order valence-electron chi connectivity index (χ0n) is 23.0. The summed E-state index contributed by atoms with van der Waals surface area (Å²) in [5.41, 5.74) is 1.64. The molecule has 0 atom stereocenters. The topological polar surface area (TPSA) is 118 Å². The van der Waals surface area contributed by atoms with Gasteiger partial charge in [0, 0.05) is 35.6 Å². The largest absolute Gasteiger partial charge is 0.493 e. The molecule has 0 bridgehead atoms. The van der Waals surface area contributed by atoms with Crippen molar-refractivity contribution in [1.82, 2.24) is 14.9 Å². The third kappa shape index (κ3) is 6.71. The number of Topliss-reactive ketones (excluding diaryl/α,β-unsaturated/α-hetero) is 1. The van der Waals surface area contributed by atoms with Crippen LogP contribution < -0.4 is 29.8 Å². The molecule has 0 saturated heterocycles. The number of amides is 1. The molecular formula is C30H28BrN3O7S. The van der Waals surface area contributed by atoms with Crippen LogP contribution in [0.25, 0.3) is 10.9 Å². The maximum Gasteiger partial charge on any atom is 0.262 e. The number of ketones is 1. The highest BCUT2D eigenvalue weighted by molar-refractivity contribution is 9.10. The molecule has 2 heterocycles. The molecule has 1 aliphatic rings. The van der Waals surface area contributed by atoms with Gasteiger partial charge in [-0.25, -0.2) is 4.98 Å². The number of aromatic nitrogens is 2. The number of nitrogens with zero attached hydrogens (tertiary/aromatic N) is 2. The number of hydrogen-bond acceptors (Lipinski definition) is 9. The van der Waals surface area contributed by atoms with Crippen molar-refractivity contribution in [2.75, 3.05) is 33.3 Å². The number of rotatable bonds is 12. The molecule has 4 aromatic rings. The number of halogens is 1. The smallest absolute Gasteiger partial charge is 0.262 e. The molecule has 1 aromatic heterocycles. The highest BCUT2D eigenvalue weighted by Crippen LogP contribution is 2.35. The summed E-state index contributed by atoms with van der Waals surface area (Å²) in [7, 11) is 3.15. The molecule has 1 aliphatic heterocycles. The maximum atomic E-state index is 13.6. The lowest BCUT2D eigenvalue weighted by Crippen LogP contribution is -2.30. The number of benzene rings is 3. The average molecular weight is 655 g/mol. The quantitative estimate of drug-likeness (QED) is 0.133. The normalized spacial score (nSPS) is 11.9. The van der Waals surface area contributed by atoms with Gasteiger partial charge >= 0.3 is 0 Å². The number of thioether (sulfide) groups is 1. The van der Waals surface area contributed by atoms with Gasteiger partial charge in [-0.2, -0.15) is 0 Å². The van der Waals surface area contributed by atoms with Gasteiger partial charge in [0.1, 0.15) is 0 Å². The lowest BCUT2D eigenvalue weighted by Gasteiger charge is -2.14. The molecule has 5 rings (SSSR count). The molecule has 0 spiro atoms. The minimum absolute atomic E-state index is 0.0534. The Morgan fingerprint density at radius 2 is 1.76 bits per heavy atom. The molecule has 1 N–H and O–H groups in total. The number of fused-ring (bicyclic) bond motifs is 2. The summed E-state index contributed by atoms with van der Waals surface area (Å²) in [5, 5.41) is 3.59. The Hall–Kier alpha value is -4.03. The fourth-order valence-electron chi connectivity index (χ4n) is 4.43. The molecule has 0 radical (unpaired) electrons. The molecule has 12 heteroatoms. The summed E-state index contributed by atoms with van der Waals surface area (Å²) in [6.45, 7) is 0.561. The Morgan fingerprint density at radius 3 is 2.50 bits per heavy atom. The van der Waals surface area contributed by atoms with Crippen LogP contribution in [-0.2, 0) is 17.8 Å². The van der Waals surface area contributed by atoms with Crippen molar-refractivity contribution < 1.29 is 28.5 Å². The number of carbonyl (C=O) groups excluding carboxylic acids is 2. The van der Waals surface area contributed by atoms with E-state index in [9.17, 15) is 14.4 Å². The van der Waals surface area contributed by atoms with Crippen molar-refractivity contribution >= 4 is 50.3 Å². The second-order valence-electron chi connectivity index (χ2n) is 9.33. The van der Waals surface area contributed by atoms with Crippen LogP contribution in [0.5, 0.6) is 23.0 Å². The Kier molecular flexibility index (Phi) is 9.33. The van der Waals surface area contributed by atoms with Crippen LogP contribution in [0.1, 0.15) is 22.3 Å². The van der Waals surface area contributed by atoms with Crippen molar-refractivity contribution in [3.8, 4) is 23.0 Å². The molecular weight excluding hydrogens is 626 g/mol. The van der Waals surface area contributed by atoms with Crippen LogP contribution in [0.15, 0.2) is 69.0 Å². The fraction of sp³-hybridized carbons (Fsp3) is 0.267. The third-order valence-corrected chi connectivity index (χ3v) is 8.16. The zero-order valence-corrected chi connectivity index (χ0v) is 25.4. The van der Waals surface area contributed by atoms with Crippen molar-refractivity contribution in [3.05, 3.63) is 80.6 Å². The molecule has 1 amide bonds. The molecule has 0 aliphatic carbocycles. The minimum Gasteiger partial charge on any atom is -0.493 e. The van der Waals surface area contributed by atoms with Crippen LogP contribution in [0, 0.1) is 0 Å². The van der Waals surface area contributed by atoms with Crippen molar-refractivity contribution in [1.29, 1.82) is 0 Å². The van der Waals surface area contributed by atoms with Crippen LogP contribution in [0.2, 0.25) is 0 Å². The van der Waals surface area contributed by atoms with Gasteiger partial charge in [0.05, 0.1) is 30.9 Å². The molecule has 42 heavy (non-hydrogen) atoms. The summed E-state index contributed by atoms with van der Waals surface area (Å²) in [6.07, 6.45) is 0.647. The van der Waals surface area contributed by atoms with Gasteiger partial charge in [-0.15, -0.1) is 0 Å². The second-order valence-corrected chi connectivity index (χ2v) is 11.2. The van der Waals surface area contributed by atoms with E-state index in [1.807, 2.05) is 18.2 Å². The van der Waals surface area contributed by atoms with E-state index in [2.05, 4.69) is 26.2 Å². The van der Waals surface area contributed by atoms with Gasteiger partial charge < -0.3 is 24.3 Å². The third-order valence-electron chi connectivity index (χ3n) is 6.66. The van der Waals surface area contributed by atoms with E-state index in [-0.39, 0.29) is 42.8 Å². The van der Waals surface area contributed by atoms with Gasteiger partial charge in [0.15, 0.2) is 33.9 Å². The standard InChI is InChI=1S/C30H28BrN3O7S/c1-38-24-8-3-18(13-25(24)39-2)9-11-32-28(36)10-12-34-29(37)21-14-26-27(41-17-40-26)15-22(21)33-30(34)42-16-23(35)19-4-6-20(31)7-5-19/h3-8,13-15H,9-12,16-17H2,1-2H3,(H,32,36). The zero-order chi connectivity index (χ0) is 29.6. The predicted molar refractivity (Wildman–Crippen MR) is 162 cm³/mol. The van der Waals surface area contributed by atoms with E-state index in [0.717, 1.165) is 21.8 Å². The van der Waals surface area contributed by atoms with E-state index in [0.29, 0.717) is 57.6 Å². The Bertz CT molecular complexity index is 1690. The number of methoxy groups -OCH3 is 2. The van der Waals surface area contributed by atoms with Crippen LogP contribution >= 0.6 is 27.7 Å². The predicted octanol–water partition coefficient (Wildman–Crippen LogP) is 4.63. The molecule has 0 unspecified atom stereocenters. The molecule has 10 nitrogen and oxygen atoms in total. The summed E-state index contributed by atoms with van der Waals surface area (Å²) >= 11 is 4.53. The molecule has 0 saturated carbocycles. The Labute approximate surface area is 254 Å². The first-order chi connectivity index (χ1) is 20.4.